The minimum Gasteiger partial charge on any atom is -0.422 e. The average Bonchev–Trinajstić information content (AvgIpc) is 3.05. The fourth-order valence-corrected chi connectivity index (χ4v) is 5.77. The molecule has 0 aliphatic heterocycles. The van der Waals surface area contributed by atoms with Crippen molar-refractivity contribution in [3.63, 3.8) is 0 Å². The van der Waals surface area contributed by atoms with E-state index in [0.29, 0.717) is 11.1 Å². The molecule has 0 aliphatic carbocycles. The van der Waals surface area contributed by atoms with Gasteiger partial charge in [0.1, 0.15) is 0 Å². The third kappa shape index (κ3) is 16.9. The van der Waals surface area contributed by atoms with Gasteiger partial charge in [-0.25, -0.2) is 4.79 Å². The molecule has 0 aliphatic rings. The Hall–Kier alpha value is -2.99. The van der Waals surface area contributed by atoms with Crippen molar-refractivity contribution in [2.45, 2.75) is 169 Å². The number of hydrogen-bond acceptors (Lipinski definition) is 6. The zero-order chi connectivity index (χ0) is 35.2. The molecule has 2 aromatic carbocycles. The van der Waals surface area contributed by atoms with Crippen LogP contribution >= 0.6 is 0 Å². The molecular formula is C42H65NO5. The van der Waals surface area contributed by atoms with Crippen LogP contribution < -0.4 is 15.2 Å². The molecule has 6 nitrogen and oxygen atoms in total. The molecule has 0 saturated heterocycles. The summed E-state index contributed by atoms with van der Waals surface area (Å²) in [4.78, 5) is 38.8. The number of rotatable bonds is 25. The highest BCUT2D eigenvalue weighted by atomic mass is 16.6. The van der Waals surface area contributed by atoms with Crippen molar-refractivity contribution in [3.8, 4) is 11.5 Å². The Morgan fingerprint density at radius 1 is 0.604 bits per heavy atom. The molecule has 0 aromatic heterocycles. The van der Waals surface area contributed by atoms with Crippen LogP contribution in [0.4, 0.5) is 0 Å². The second kappa shape index (κ2) is 23.4. The van der Waals surface area contributed by atoms with Crippen LogP contribution in [0.15, 0.2) is 42.5 Å². The molecule has 2 N–H and O–H groups in total. The van der Waals surface area contributed by atoms with E-state index in [2.05, 4.69) is 6.92 Å². The lowest BCUT2D eigenvalue weighted by Crippen LogP contribution is -2.42. The molecule has 2 aromatic rings. The van der Waals surface area contributed by atoms with E-state index >= 15 is 0 Å². The van der Waals surface area contributed by atoms with Crippen LogP contribution in [-0.2, 0) is 4.79 Å². The molecule has 0 fully saturated rings. The van der Waals surface area contributed by atoms with Gasteiger partial charge in [-0.05, 0) is 49.1 Å². The first-order valence-corrected chi connectivity index (χ1v) is 19.0. The third-order valence-electron chi connectivity index (χ3n) is 9.14. The van der Waals surface area contributed by atoms with Gasteiger partial charge in [-0.1, -0.05) is 161 Å². The maximum Gasteiger partial charge on any atom is 0.343 e. The minimum absolute atomic E-state index is 0.0465. The second-order valence-electron chi connectivity index (χ2n) is 14.7. The van der Waals surface area contributed by atoms with Crippen LogP contribution in [0.2, 0.25) is 0 Å². The number of ether oxygens (including phenoxy) is 2. The third-order valence-corrected chi connectivity index (χ3v) is 9.14. The predicted molar refractivity (Wildman–Crippen MR) is 198 cm³/mol. The number of ketones is 1. The van der Waals surface area contributed by atoms with E-state index in [1.807, 2.05) is 39.8 Å². The van der Waals surface area contributed by atoms with Crippen molar-refractivity contribution in [1.82, 2.24) is 0 Å². The molecule has 6 heteroatoms. The number of carbonyl (C=O) groups is 3. The standard InChI is InChI=1S/C42H65NO5/c1-6-7-8-9-10-11-12-13-14-15-16-17-18-19-20-21-22-23-24-25-38(44)47-37-32-35(39(45)40(43)42(3,4)5)30-31-36(37)48-41(46)34-28-26-33(2)27-29-34/h26-32,40H,6-25,43H2,1-5H3. The molecule has 1 unspecified atom stereocenters. The highest BCUT2D eigenvalue weighted by molar-refractivity contribution is 6.01. The average molecular weight is 664 g/mol. The first-order valence-electron chi connectivity index (χ1n) is 19.0. The lowest BCUT2D eigenvalue weighted by molar-refractivity contribution is -0.134. The fraction of sp³-hybridized carbons (Fsp3) is 0.643. The minimum atomic E-state index is -0.744. The summed E-state index contributed by atoms with van der Waals surface area (Å²) in [6.07, 6.45) is 24.8. The maximum atomic E-state index is 13.1. The highest BCUT2D eigenvalue weighted by Gasteiger charge is 2.29. The molecule has 0 heterocycles. The molecule has 2 rings (SSSR count). The molecule has 48 heavy (non-hydrogen) atoms. The summed E-state index contributed by atoms with van der Waals surface area (Å²) in [6, 6.07) is 10.8. The van der Waals surface area contributed by atoms with E-state index in [1.54, 1.807) is 18.2 Å². The molecule has 268 valence electrons. The topological polar surface area (TPSA) is 95.7 Å². The van der Waals surface area contributed by atoms with E-state index in [4.69, 9.17) is 15.2 Å². The number of carbonyl (C=O) groups excluding carboxylic acids is 3. The monoisotopic (exact) mass is 663 g/mol. The molecule has 1 atom stereocenters. The largest absolute Gasteiger partial charge is 0.422 e. The van der Waals surface area contributed by atoms with E-state index < -0.39 is 23.4 Å². The van der Waals surface area contributed by atoms with Gasteiger partial charge in [0.2, 0.25) is 0 Å². The van der Waals surface area contributed by atoms with Gasteiger partial charge in [0, 0.05) is 12.0 Å². The van der Waals surface area contributed by atoms with Crippen LogP contribution in [-0.4, -0.2) is 23.8 Å². The Morgan fingerprint density at radius 3 is 1.50 bits per heavy atom. The number of unbranched alkanes of at least 4 members (excludes halogenated alkanes) is 18. The summed E-state index contributed by atoms with van der Waals surface area (Å²) < 4.78 is 11.3. The number of Topliss-reactive ketones (excluding diaryl/α,β-unsaturated/α-hetero) is 1. The molecule has 0 spiro atoms. The van der Waals surface area contributed by atoms with Crippen LogP contribution in [0.5, 0.6) is 11.5 Å². The van der Waals surface area contributed by atoms with Gasteiger partial charge in [-0.3, -0.25) is 9.59 Å². The lowest BCUT2D eigenvalue weighted by atomic mass is 9.83. The highest BCUT2D eigenvalue weighted by Crippen LogP contribution is 2.32. The molecule has 0 radical (unpaired) electrons. The van der Waals surface area contributed by atoms with Gasteiger partial charge in [0.15, 0.2) is 17.3 Å². The van der Waals surface area contributed by atoms with Crippen molar-refractivity contribution in [1.29, 1.82) is 0 Å². The van der Waals surface area contributed by atoms with Gasteiger partial charge < -0.3 is 15.2 Å². The van der Waals surface area contributed by atoms with Crippen LogP contribution in [0, 0.1) is 12.3 Å². The van der Waals surface area contributed by atoms with Crippen molar-refractivity contribution >= 4 is 17.7 Å². The van der Waals surface area contributed by atoms with Crippen molar-refractivity contribution in [2.75, 3.05) is 0 Å². The number of benzene rings is 2. The van der Waals surface area contributed by atoms with E-state index in [1.165, 1.54) is 115 Å². The summed E-state index contributed by atoms with van der Waals surface area (Å²) in [7, 11) is 0. The summed E-state index contributed by atoms with van der Waals surface area (Å²) in [5.41, 5.74) is 7.48. The number of nitrogens with two attached hydrogens (primary N) is 1. The van der Waals surface area contributed by atoms with Gasteiger partial charge >= 0.3 is 11.9 Å². The van der Waals surface area contributed by atoms with Gasteiger partial charge in [-0.2, -0.15) is 0 Å². The van der Waals surface area contributed by atoms with Gasteiger partial charge in [0.25, 0.3) is 0 Å². The van der Waals surface area contributed by atoms with E-state index in [-0.39, 0.29) is 23.7 Å². The number of hydrogen-bond donors (Lipinski definition) is 1. The van der Waals surface area contributed by atoms with Crippen molar-refractivity contribution in [3.05, 3.63) is 59.2 Å². The molecule has 0 amide bonds. The fourth-order valence-electron chi connectivity index (χ4n) is 5.77. The van der Waals surface area contributed by atoms with E-state index in [9.17, 15) is 14.4 Å². The summed E-state index contributed by atoms with van der Waals surface area (Å²) in [6.45, 7) is 9.90. The van der Waals surface area contributed by atoms with Crippen LogP contribution in [0.25, 0.3) is 0 Å². The van der Waals surface area contributed by atoms with Gasteiger partial charge in [-0.15, -0.1) is 0 Å². The summed E-state index contributed by atoms with van der Waals surface area (Å²) in [5, 5.41) is 0. The second-order valence-corrected chi connectivity index (χ2v) is 14.7. The first kappa shape index (κ1) is 41.2. The lowest BCUT2D eigenvalue weighted by Gasteiger charge is -2.25. The normalized spacial score (nSPS) is 12.1. The Kier molecular flexibility index (Phi) is 20.1. The Morgan fingerprint density at radius 2 is 1.04 bits per heavy atom. The number of esters is 2. The Bertz CT molecular complexity index is 1210. The predicted octanol–water partition coefficient (Wildman–Crippen LogP) is 11.5. The maximum absolute atomic E-state index is 13.1. The summed E-state index contributed by atoms with van der Waals surface area (Å²) in [5.74, 6) is -1.13. The zero-order valence-corrected chi connectivity index (χ0v) is 30.9. The smallest absolute Gasteiger partial charge is 0.343 e. The van der Waals surface area contributed by atoms with Gasteiger partial charge in [0.05, 0.1) is 11.6 Å². The molecule has 0 saturated carbocycles. The van der Waals surface area contributed by atoms with E-state index in [0.717, 1.165) is 24.8 Å². The Balaban J connectivity index is 1.70. The number of aryl methyl sites for hydroxylation is 1. The SMILES string of the molecule is CCCCCCCCCCCCCCCCCCCCCC(=O)Oc1cc(C(=O)C(N)C(C)(C)C)ccc1OC(=O)c1ccc(C)cc1. The Labute approximate surface area is 291 Å². The zero-order valence-electron chi connectivity index (χ0n) is 30.9. The molecule has 0 bridgehead atoms. The quantitative estimate of drug-likeness (QED) is 0.0491. The first-order chi connectivity index (χ1) is 23.0. The molecular weight excluding hydrogens is 598 g/mol. The van der Waals surface area contributed by atoms with Crippen LogP contribution in [0.3, 0.4) is 0 Å². The summed E-state index contributed by atoms with van der Waals surface area (Å²) >= 11 is 0. The van der Waals surface area contributed by atoms with Crippen molar-refractivity contribution in [2.24, 2.45) is 11.1 Å². The van der Waals surface area contributed by atoms with Crippen LogP contribution in [0.1, 0.15) is 182 Å². The van der Waals surface area contributed by atoms with Crippen molar-refractivity contribution < 1.29 is 23.9 Å².